The lowest BCUT2D eigenvalue weighted by Crippen LogP contribution is -2.41. The summed E-state index contributed by atoms with van der Waals surface area (Å²) in [6.07, 6.45) is 0.722. The number of hydrogen-bond donors (Lipinski definition) is 2. The van der Waals surface area contributed by atoms with Gasteiger partial charge in [-0.2, -0.15) is 0 Å². The highest BCUT2D eigenvalue weighted by atomic mass is 35.5. The van der Waals surface area contributed by atoms with Crippen molar-refractivity contribution in [3.63, 3.8) is 0 Å². The first-order valence-electron chi connectivity index (χ1n) is 5.94. The van der Waals surface area contributed by atoms with Gasteiger partial charge in [0.05, 0.1) is 12.5 Å². The maximum atomic E-state index is 12.1. The summed E-state index contributed by atoms with van der Waals surface area (Å²) in [5, 5.41) is 2.92. The van der Waals surface area contributed by atoms with Crippen molar-refractivity contribution in [2.45, 2.75) is 25.3 Å². The molecule has 3 N–H and O–H groups in total. The molecular formula is C13H19ClN2O2. The lowest BCUT2D eigenvalue weighted by Gasteiger charge is -2.26. The van der Waals surface area contributed by atoms with Crippen LogP contribution in [0.25, 0.3) is 0 Å². The van der Waals surface area contributed by atoms with Crippen LogP contribution in [-0.4, -0.2) is 25.1 Å². The van der Waals surface area contributed by atoms with Gasteiger partial charge in [-0.1, -0.05) is 18.2 Å². The van der Waals surface area contributed by atoms with E-state index in [2.05, 4.69) is 5.32 Å². The number of ether oxygens (including phenoxy) is 1. The molecule has 18 heavy (non-hydrogen) atoms. The van der Waals surface area contributed by atoms with Crippen LogP contribution in [0.3, 0.4) is 0 Å². The summed E-state index contributed by atoms with van der Waals surface area (Å²) in [5.74, 6) is 0.743. The van der Waals surface area contributed by atoms with Crippen molar-refractivity contribution in [1.82, 2.24) is 5.32 Å². The molecule has 0 saturated carbocycles. The first kappa shape index (κ1) is 14.8. The average molecular weight is 271 g/mol. The quantitative estimate of drug-likeness (QED) is 0.874. The molecule has 0 fully saturated rings. The molecule has 2 rings (SSSR count). The van der Waals surface area contributed by atoms with Crippen molar-refractivity contribution in [2.75, 3.05) is 13.2 Å². The molecule has 0 aromatic heterocycles. The van der Waals surface area contributed by atoms with Crippen molar-refractivity contribution in [2.24, 2.45) is 5.73 Å². The van der Waals surface area contributed by atoms with E-state index in [-0.39, 0.29) is 30.3 Å². The van der Waals surface area contributed by atoms with Crippen LogP contribution in [0.2, 0.25) is 0 Å². The minimum atomic E-state index is -0.117. The van der Waals surface area contributed by atoms with E-state index >= 15 is 0 Å². The Kier molecular flexibility index (Phi) is 5.44. The fourth-order valence-corrected chi connectivity index (χ4v) is 2.02. The predicted octanol–water partition coefficient (Wildman–Crippen LogP) is 1.44. The third-order valence-corrected chi connectivity index (χ3v) is 3.02. The third kappa shape index (κ3) is 3.15. The molecule has 100 valence electrons. The summed E-state index contributed by atoms with van der Waals surface area (Å²) in [6.45, 7) is 2.95. The van der Waals surface area contributed by atoms with Gasteiger partial charge in [0.2, 0.25) is 5.91 Å². The lowest BCUT2D eigenvalue weighted by molar-refractivity contribution is -0.123. The van der Waals surface area contributed by atoms with E-state index in [0.717, 1.165) is 17.7 Å². The molecule has 1 unspecified atom stereocenters. The summed E-state index contributed by atoms with van der Waals surface area (Å²) >= 11 is 0. The number of nitrogens with one attached hydrogen (secondary N) is 1. The highest BCUT2D eigenvalue weighted by molar-refractivity contribution is 5.85. The maximum Gasteiger partial charge on any atom is 0.228 e. The second-order valence-corrected chi connectivity index (χ2v) is 4.37. The zero-order valence-corrected chi connectivity index (χ0v) is 11.2. The van der Waals surface area contributed by atoms with E-state index in [4.69, 9.17) is 10.5 Å². The minimum absolute atomic E-state index is 0. The SMILES string of the molecule is C[C@H](CN)NC(=O)C1CCOc2ccccc21.Cl. The van der Waals surface area contributed by atoms with Crippen molar-refractivity contribution >= 4 is 18.3 Å². The van der Waals surface area contributed by atoms with E-state index in [0.29, 0.717) is 13.2 Å². The Morgan fingerprint density at radius 1 is 1.56 bits per heavy atom. The normalized spacial score (nSPS) is 18.9. The molecule has 0 saturated heterocycles. The molecule has 1 aliphatic heterocycles. The van der Waals surface area contributed by atoms with Crippen LogP contribution in [-0.2, 0) is 4.79 Å². The van der Waals surface area contributed by atoms with Crippen LogP contribution in [0.4, 0.5) is 0 Å². The Morgan fingerprint density at radius 2 is 2.28 bits per heavy atom. The molecule has 0 aliphatic carbocycles. The Labute approximate surface area is 113 Å². The smallest absolute Gasteiger partial charge is 0.228 e. The fourth-order valence-electron chi connectivity index (χ4n) is 2.02. The molecule has 1 aliphatic rings. The van der Waals surface area contributed by atoms with Gasteiger partial charge in [-0.3, -0.25) is 4.79 Å². The van der Waals surface area contributed by atoms with E-state index in [1.165, 1.54) is 0 Å². The predicted molar refractivity (Wildman–Crippen MR) is 73.2 cm³/mol. The number of carbonyl (C=O) groups is 1. The topological polar surface area (TPSA) is 64.3 Å². The molecule has 1 heterocycles. The number of amides is 1. The first-order chi connectivity index (χ1) is 8.22. The summed E-state index contributed by atoms with van der Waals surface area (Å²) < 4.78 is 5.53. The van der Waals surface area contributed by atoms with Crippen molar-refractivity contribution in [3.05, 3.63) is 29.8 Å². The molecule has 0 bridgehead atoms. The molecule has 1 amide bonds. The van der Waals surface area contributed by atoms with Gasteiger partial charge in [-0.05, 0) is 19.4 Å². The van der Waals surface area contributed by atoms with Gasteiger partial charge < -0.3 is 15.8 Å². The number of benzene rings is 1. The fraction of sp³-hybridized carbons (Fsp3) is 0.462. The van der Waals surface area contributed by atoms with Crippen LogP contribution in [0, 0.1) is 0 Å². The van der Waals surface area contributed by atoms with Gasteiger partial charge in [0.1, 0.15) is 5.75 Å². The summed E-state index contributed by atoms with van der Waals surface area (Å²) in [4.78, 5) is 12.1. The van der Waals surface area contributed by atoms with Crippen LogP contribution < -0.4 is 15.8 Å². The van der Waals surface area contributed by atoms with Gasteiger partial charge in [0.25, 0.3) is 0 Å². The summed E-state index contributed by atoms with van der Waals surface area (Å²) in [5.41, 5.74) is 6.48. The Hall–Kier alpha value is -1.26. The van der Waals surface area contributed by atoms with Gasteiger partial charge >= 0.3 is 0 Å². The Morgan fingerprint density at radius 3 is 3.00 bits per heavy atom. The zero-order valence-electron chi connectivity index (χ0n) is 10.4. The maximum absolute atomic E-state index is 12.1. The first-order valence-corrected chi connectivity index (χ1v) is 5.94. The molecule has 0 radical (unpaired) electrons. The molecule has 2 atom stereocenters. The van der Waals surface area contributed by atoms with Gasteiger partial charge in [-0.25, -0.2) is 0 Å². The number of hydrogen-bond acceptors (Lipinski definition) is 3. The standard InChI is InChI=1S/C13H18N2O2.ClH/c1-9(8-14)15-13(16)11-6-7-17-12-5-3-2-4-10(11)12;/h2-5,9,11H,6-8,14H2,1H3,(H,15,16);1H/t9-,11?;/m1./s1. The number of rotatable bonds is 3. The lowest BCUT2D eigenvalue weighted by atomic mass is 9.92. The summed E-state index contributed by atoms with van der Waals surface area (Å²) in [6, 6.07) is 7.71. The Bertz CT molecular complexity index is 412. The van der Waals surface area contributed by atoms with Crippen molar-refractivity contribution in [3.8, 4) is 5.75 Å². The highest BCUT2D eigenvalue weighted by Gasteiger charge is 2.27. The van der Waals surface area contributed by atoms with Gasteiger partial charge in [-0.15, -0.1) is 12.4 Å². The largest absolute Gasteiger partial charge is 0.493 e. The Balaban J connectivity index is 0.00000162. The van der Waals surface area contributed by atoms with Crippen molar-refractivity contribution in [1.29, 1.82) is 0 Å². The number of fused-ring (bicyclic) bond motifs is 1. The molecule has 1 aromatic carbocycles. The van der Waals surface area contributed by atoms with Crippen LogP contribution in [0.5, 0.6) is 5.75 Å². The van der Waals surface area contributed by atoms with Crippen LogP contribution >= 0.6 is 12.4 Å². The molecule has 4 nitrogen and oxygen atoms in total. The van der Waals surface area contributed by atoms with Gasteiger partial charge in [0, 0.05) is 18.2 Å². The molecule has 1 aromatic rings. The van der Waals surface area contributed by atoms with E-state index in [9.17, 15) is 4.79 Å². The van der Waals surface area contributed by atoms with Gasteiger partial charge in [0.15, 0.2) is 0 Å². The second-order valence-electron chi connectivity index (χ2n) is 4.37. The van der Waals surface area contributed by atoms with Crippen LogP contribution in [0.1, 0.15) is 24.8 Å². The number of nitrogens with two attached hydrogens (primary N) is 1. The molecular weight excluding hydrogens is 252 g/mol. The monoisotopic (exact) mass is 270 g/mol. The molecule has 0 spiro atoms. The van der Waals surface area contributed by atoms with E-state index in [1.807, 2.05) is 31.2 Å². The second kappa shape index (κ2) is 6.61. The minimum Gasteiger partial charge on any atom is -0.493 e. The average Bonchev–Trinajstić information content (AvgIpc) is 2.37. The number of carbonyl (C=O) groups excluding carboxylic acids is 1. The van der Waals surface area contributed by atoms with Crippen molar-refractivity contribution < 1.29 is 9.53 Å². The zero-order chi connectivity index (χ0) is 12.3. The van der Waals surface area contributed by atoms with Crippen LogP contribution in [0.15, 0.2) is 24.3 Å². The third-order valence-electron chi connectivity index (χ3n) is 3.02. The number of halogens is 1. The van der Waals surface area contributed by atoms with E-state index < -0.39 is 0 Å². The molecule has 5 heteroatoms. The van der Waals surface area contributed by atoms with E-state index in [1.54, 1.807) is 0 Å². The highest BCUT2D eigenvalue weighted by Crippen LogP contribution is 2.33. The summed E-state index contributed by atoms with van der Waals surface area (Å²) in [7, 11) is 0. The number of para-hydroxylation sites is 1.